The number of aryl methyl sites for hydroxylation is 2. The molecule has 5 nitrogen and oxygen atoms in total. The Morgan fingerprint density at radius 1 is 1.44 bits per heavy atom. The summed E-state index contributed by atoms with van der Waals surface area (Å²) >= 11 is 0. The van der Waals surface area contributed by atoms with Gasteiger partial charge >= 0.3 is 0 Å². The van der Waals surface area contributed by atoms with E-state index in [0.717, 1.165) is 12.1 Å². The Kier molecular flexibility index (Phi) is 3.34. The van der Waals surface area contributed by atoms with E-state index in [4.69, 9.17) is 4.74 Å². The van der Waals surface area contributed by atoms with Gasteiger partial charge in [-0.05, 0) is 40.2 Å². The Morgan fingerprint density at radius 3 is 2.72 bits per heavy atom. The largest absolute Gasteiger partial charge is 0.373 e. The molecule has 0 bridgehead atoms. The average Bonchev–Trinajstić information content (AvgIpc) is 2.57. The molecule has 0 aromatic carbocycles. The van der Waals surface area contributed by atoms with Crippen LogP contribution in [0.25, 0.3) is 0 Å². The van der Waals surface area contributed by atoms with Gasteiger partial charge in [0.2, 0.25) is 0 Å². The molecule has 1 aliphatic heterocycles. The maximum Gasteiger partial charge on any atom is 0.270 e. The highest BCUT2D eigenvalue weighted by Crippen LogP contribution is 2.25. The summed E-state index contributed by atoms with van der Waals surface area (Å²) in [6.07, 6.45) is 0.835. The van der Waals surface area contributed by atoms with Crippen LogP contribution in [-0.4, -0.2) is 34.1 Å². The van der Waals surface area contributed by atoms with Crippen molar-refractivity contribution in [3.05, 3.63) is 23.3 Å². The molecule has 98 valence electrons. The molecule has 0 aliphatic carbocycles. The lowest BCUT2D eigenvalue weighted by atomic mass is 9.99. The summed E-state index contributed by atoms with van der Waals surface area (Å²) in [6, 6.07) is 1.73. The fourth-order valence-corrected chi connectivity index (χ4v) is 2.20. The Labute approximate surface area is 107 Å². The third-order valence-corrected chi connectivity index (χ3v) is 3.22. The van der Waals surface area contributed by atoms with E-state index in [0.29, 0.717) is 18.1 Å². The van der Waals surface area contributed by atoms with Gasteiger partial charge in [-0.2, -0.15) is 0 Å². The Hall–Kier alpha value is -1.49. The van der Waals surface area contributed by atoms with Gasteiger partial charge in [-0.3, -0.25) is 4.79 Å². The second-order valence-corrected chi connectivity index (χ2v) is 5.21. The van der Waals surface area contributed by atoms with Gasteiger partial charge < -0.3 is 10.1 Å². The van der Waals surface area contributed by atoms with Crippen molar-refractivity contribution in [2.75, 3.05) is 6.61 Å². The first kappa shape index (κ1) is 13.0. The molecule has 1 unspecified atom stereocenters. The van der Waals surface area contributed by atoms with Crippen LogP contribution in [0, 0.1) is 13.8 Å². The van der Waals surface area contributed by atoms with Gasteiger partial charge in [0, 0.05) is 12.3 Å². The summed E-state index contributed by atoms with van der Waals surface area (Å²) in [5.74, 6) is 0.453. The topological polar surface area (TPSA) is 64.1 Å². The highest BCUT2D eigenvalue weighted by atomic mass is 16.5. The zero-order chi connectivity index (χ0) is 13.3. The molecule has 1 aromatic rings. The van der Waals surface area contributed by atoms with Crippen LogP contribution in [0.4, 0.5) is 0 Å². The predicted molar refractivity (Wildman–Crippen MR) is 67.4 cm³/mol. The van der Waals surface area contributed by atoms with Crippen LogP contribution in [0.1, 0.15) is 42.3 Å². The third-order valence-electron chi connectivity index (χ3n) is 3.22. The molecule has 1 N–H and O–H groups in total. The van der Waals surface area contributed by atoms with Gasteiger partial charge in [0.25, 0.3) is 5.91 Å². The van der Waals surface area contributed by atoms with E-state index in [2.05, 4.69) is 15.3 Å². The second-order valence-electron chi connectivity index (χ2n) is 5.21. The fourth-order valence-electron chi connectivity index (χ4n) is 2.20. The molecule has 0 spiro atoms. The molecule has 18 heavy (non-hydrogen) atoms. The SMILES string of the molecule is Cc1cc(C(=O)NC2CCOC2(C)C)nc(C)n1. The normalized spacial score (nSPS) is 21.9. The quantitative estimate of drug-likeness (QED) is 0.860. The minimum atomic E-state index is -0.313. The number of nitrogens with one attached hydrogen (secondary N) is 1. The number of hydrogen-bond acceptors (Lipinski definition) is 4. The molecule has 1 amide bonds. The lowest BCUT2D eigenvalue weighted by Crippen LogP contribution is -2.46. The molecule has 0 radical (unpaired) electrons. The summed E-state index contributed by atoms with van der Waals surface area (Å²) < 4.78 is 5.59. The highest BCUT2D eigenvalue weighted by Gasteiger charge is 2.37. The van der Waals surface area contributed by atoms with Crippen LogP contribution in [-0.2, 0) is 4.74 Å². The van der Waals surface area contributed by atoms with Crippen LogP contribution in [0.3, 0.4) is 0 Å². The van der Waals surface area contributed by atoms with Crippen LogP contribution >= 0.6 is 0 Å². The van der Waals surface area contributed by atoms with E-state index in [1.165, 1.54) is 0 Å². The van der Waals surface area contributed by atoms with Crippen LogP contribution in [0.2, 0.25) is 0 Å². The van der Waals surface area contributed by atoms with Crippen molar-refractivity contribution in [2.45, 2.75) is 45.8 Å². The number of carbonyl (C=O) groups excluding carboxylic acids is 1. The van der Waals surface area contributed by atoms with Crippen molar-refractivity contribution >= 4 is 5.91 Å². The molecule has 1 fully saturated rings. The monoisotopic (exact) mass is 249 g/mol. The number of nitrogens with zero attached hydrogens (tertiary/aromatic N) is 2. The van der Waals surface area contributed by atoms with E-state index in [1.54, 1.807) is 13.0 Å². The van der Waals surface area contributed by atoms with E-state index in [9.17, 15) is 4.79 Å². The zero-order valence-electron chi connectivity index (χ0n) is 11.3. The Morgan fingerprint density at radius 2 is 2.17 bits per heavy atom. The summed E-state index contributed by atoms with van der Waals surface area (Å²) in [4.78, 5) is 20.5. The first-order chi connectivity index (χ1) is 8.38. The molecule has 1 aliphatic rings. The molecule has 1 atom stereocenters. The Bertz CT molecular complexity index is 451. The number of hydrogen-bond donors (Lipinski definition) is 1. The van der Waals surface area contributed by atoms with Crippen LogP contribution in [0.5, 0.6) is 0 Å². The lowest BCUT2D eigenvalue weighted by molar-refractivity contribution is 0.0212. The van der Waals surface area contributed by atoms with Gasteiger partial charge in [0.05, 0.1) is 11.6 Å². The van der Waals surface area contributed by atoms with Crippen molar-refractivity contribution in [3.63, 3.8) is 0 Å². The first-order valence-electron chi connectivity index (χ1n) is 6.15. The predicted octanol–water partition coefficient (Wildman–Crippen LogP) is 1.39. The molecule has 2 rings (SSSR count). The Balaban J connectivity index is 2.12. The van der Waals surface area contributed by atoms with Gasteiger partial charge in [-0.1, -0.05) is 0 Å². The zero-order valence-corrected chi connectivity index (χ0v) is 11.3. The summed E-state index contributed by atoms with van der Waals surface area (Å²) in [5, 5.41) is 2.99. The number of amides is 1. The molecule has 0 saturated carbocycles. The fraction of sp³-hybridized carbons (Fsp3) is 0.615. The van der Waals surface area contributed by atoms with E-state index in [1.807, 2.05) is 20.8 Å². The van der Waals surface area contributed by atoms with E-state index in [-0.39, 0.29) is 17.6 Å². The molecular weight excluding hydrogens is 230 g/mol. The number of aromatic nitrogens is 2. The van der Waals surface area contributed by atoms with Crippen molar-refractivity contribution in [1.82, 2.24) is 15.3 Å². The van der Waals surface area contributed by atoms with Gasteiger partial charge in [-0.25, -0.2) is 9.97 Å². The summed E-state index contributed by atoms with van der Waals surface area (Å²) in [7, 11) is 0. The maximum absolute atomic E-state index is 12.1. The standard InChI is InChI=1S/C13H19N3O2/c1-8-7-10(15-9(2)14-8)12(17)16-11-5-6-18-13(11,3)4/h7,11H,5-6H2,1-4H3,(H,16,17). The van der Waals surface area contributed by atoms with Crippen molar-refractivity contribution in [3.8, 4) is 0 Å². The van der Waals surface area contributed by atoms with E-state index < -0.39 is 0 Å². The van der Waals surface area contributed by atoms with Crippen LogP contribution < -0.4 is 5.32 Å². The number of carbonyl (C=O) groups is 1. The van der Waals surface area contributed by atoms with Gasteiger partial charge in [0.15, 0.2) is 0 Å². The average molecular weight is 249 g/mol. The third kappa shape index (κ3) is 2.67. The highest BCUT2D eigenvalue weighted by molar-refractivity contribution is 5.92. The molecular formula is C13H19N3O2. The molecule has 1 aromatic heterocycles. The molecule has 5 heteroatoms. The van der Waals surface area contributed by atoms with Gasteiger partial charge in [-0.15, -0.1) is 0 Å². The number of rotatable bonds is 2. The first-order valence-corrected chi connectivity index (χ1v) is 6.15. The molecule has 2 heterocycles. The maximum atomic E-state index is 12.1. The van der Waals surface area contributed by atoms with Crippen LogP contribution in [0.15, 0.2) is 6.07 Å². The number of ether oxygens (including phenoxy) is 1. The minimum Gasteiger partial charge on any atom is -0.373 e. The second kappa shape index (κ2) is 4.65. The minimum absolute atomic E-state index is 0.0283. The van der Waals surface area contributed by atoms with Crippen molar-refractivity contribution < 1.29 is 9.53 Å². The van der Waals surface area contributed by atoms with Crippen molar-refractivity contribution in [1.29, 1.82) is 0 Å². The lowest BCUT2D eigenvalue weighted by Gasteiger charge is -2.26. The molecule has 1 saturated heterocycles. The van der Waals surface area contributed by atoms with Gasteiger partial charge in [0.1, 0.15) is 11.5 Å². The summed E-state index contributed by atoms with van der Waals surface area (Å²) in [5.41, 5.74) is 0.907. The van der Waals surface area contributed by atoms with E-state index >= 15 is 0 Å². The van der Waals surface area contributed by atoms with Crippen molar-refractivity contribution in [2.24, 2.45) is 0 Å². The summed E-state index contributed by atoms with van der Waals surface area (Å²) in [6.45, 7) is 8.29. The smallest absolute Gasteiger partial charge is 0.270 e.